The minimum atomic E-state index is -2.57. The molecule has 0 bridgehead atoms. The third-order valence-electron chi connectivity index (χ3n) is 0.728. The van der Waals surface area contributed by atoms with Gasteiger partial charge in [-0.1, -0.05) is 0 Å². The van der Waals surface area contributed by atoms with Crippen LogP contribution in [0.2, 0.25) is 0 Å². The fraction of sp³-hybridized carbons (Fsp3) is 1.00. The molecule has 4 nitrogen and oxygen atoms in total. The summed E-state index contributed by atoms with van der Waals surface area (Å²) in [5.74, 6) is 0. The Labute approximate surface area is 78.5 Å². The number of nitrogens with one attached hydrogen (secondary N) is 2. The summed E-state index contributed by atoms with van der Waals surface area (Å²) in [6, 6.07) is 0. The van der Waals surface area contributed by atoms with Crippen LogP contribution in [0.15, 0.2) is 0 Å². The molecule has 0 aromatic rings. The van der Waals surface area contributed by atoms with E-state index in [9.17, 15) is 0 Å². The Morgan fingerprint density at radius 1 is 1.00 bits per heavy atom. The predicted molar refractivity (Wildman–Crippen MR) is 45.8 cm³/mol. The molecule has 0 aliphatic carbocycles. The molecule has 0 rings (SSSR count). The van der Waals surface area contributed by atoms with Crippen LogP contribution in [-0.2, 0) is 14.0 Å². The second kappa shape index (κ2) is 6.58. The van der Waals surface area contributed by atoms with Crippen LogP contribution < -0.4 is 19.4 Å². The molecule has 0 atom stereocenters. The van der Waals surface area contributed by atoms with Gasteiger partial charge in [0.2, 0.25) is 0 Å². The first-order valence-corrected chi connectivity index (χ1v) is 8.64. The van der Waals surface area contributed by atoms with Gasteiger partial charge in [0, 0.05) is 0 Å². The molecule has 0 heterocycles. The summed E-state index contributed by atoms with van der Waals surface area (Å²) in [4.78, 5) is 0. The Morgan fingerprint density at radius 3 is 1.64 bits per heavy atom. The van der Waals surface area contributed by atoms with Gasteiger partial charge in [-0.2, -0.15) is 0 Å². The van der Waals surface area contributed by atoms with E-state index in [0.717, 1.165) is 0 Å². The van der Waals surface area contributed by atoms with Crippen LogP contribution in [0.3, 0.4) is 0 Å². The molecule has 0 aliphatic rings. The molecule has 0 saturated carbocycles. The molecule has 11 heavy (non-hydrogen) atoms. The van der Waals surface area contributed by atoms with Gasteiger partial charge >= 0.3 is 78.6 Å². The zero-order valence-electron chi connectivity index (χ0n) is 6.06. The van der Waals surface area contributed by atoms with E-state index in [-0.39, 0.29) is 0 Å². The van der Waals surface area contributed by atoms with Crippen LogP contribution in [0.25, 0.3) is 0 Å². The zero-order chi connectivity index (χ0) is 8.74. The quantitative estimate of drug-likeness (QED) is 0.493. The standard InChI is InChI=1S/2C2H7N2.2ClH.Pd/c2*3-1-2-4;;;/h2*3H,1-2,4H2;2*1H;/q2*-1;;;+4/p-2. The Morgan fingerprint density at radius 2 is 1.36 bits per heavy atom. The van der Waals surface area contributed by atoms with Crippen molar-refractivity contribution in [2.24, 2.45) is 11.5 Å². The summed E-state index contributed by atoms with van der Waals surface area (Å²) in [7, 11) is 11.8. The van der Waals surface area contributed by atoms with Crippen molar-refractivity contribution in [1.82, 2.24) is 7.90 Å². The van der Waals surface area contributed by atoms with Gasteiger partial charge in [0.25, 0.3) is 0 Å². The third-order valence-corrected chi connectivity index (χ3v) is 4.89. The third kappa shape index (κ3) is 7.44. The van der Waals surface area contributed by atoms with E-state index in [2.05, 4.69) is 7.90 Å². The monoisotopic (exact) mass is 294 g/mol. The molecule has 0 spiro atoms. The van der Waals surface area contributed by atoms with Gasteiger partial charge in [0.15, 0.2) is 0 Å². The van der Waals surface area contributed by atoms with Crippen LogP contribution in [0.5, 0.6) is 0 Å². The molecular weight excluding hydrogens is 281 g/mol. The number of nitrogens with two attached hydrogens (primary N) is 2. The SMILES string of the molecule is NCC[NH][Pd]([Cl])([Cl])[NH]CCN. The van der Waals surface area contributed by atoms with Gasteiger partial charge in [-0.25, -0.2) is 0 Å². The van der Waals surface area contributed by atoms with E-state index in [0.29, 0.717) is 26.2 Å². The molecule has 0 aliphatic heterocycles. The molecule has 74 valence electrons. The van der Waals surface area contributed by atoms with E-state index in [1.807, 2.05) is 0 Å². The molecule has 7 heteroatoms. The Bertz CT molecular complexity index is 92.1. The van der Waals surface area contributed by atoms with Gasteiger partial charge in [0.1, 0.15) is 0 Å². The first-order chi connectivity index (χ1) is 5.12. The van der Waals surface area contributed by atoms with Gasteiger partial charge < -0.3 is 0 Å². The van der Waals surface area contributed by atoms with E-state index in [4.69, 9.17) is 30.5 Å². The first kappa shape index (κ1) is 12.1. The molecule has 0 radical (unpaired) electrons. The van der Waals surface area contributed by atoms with Crippen molar-refractivity contribution in [2.75, 3.05) is 26.2 Å². The molecule has 0 unspecified atom stereocenters. The van der Waals surface area contributed by atoms with Crippen LogP contribution in [0.4, 0.5) is 0 Å². The number of rotatable bonds is 6. The Kier molecular flexibility index (Phi) is 7.23. The molecule has 0 saturated heterocycles. The number of hydrogen-bond acceptors (Lipinski definition) is 4. The second-order valence-corrected chi connectivity index (χ2v) is 9.52. The van der Waals surface area contributed by atoms with Crippen LogP contribution in [-0.4, -0.2) is 26.2 Å². The molecule has 0 fully saturated rings. The number of hydrogen-bond donors (Lipinski definition) is 4. The van der Waals surface area contributed by atoms with Gasteiger partial charge in [-0.15, -0.1) is 0 Å². The normalized spacial score (nSPS) is 13.5. The van der Waals surface area contributed by atoms with Crippen molar-refractivity contribution in [3.8, 4) is 0 Å². The number of halogens is 2. The van der Waals surface area contributed by atoms with E-state index < -0.39 is 14.0 Å². The first-order valence-electron chi connectivity index (χ1n) is 3.08. The van der Waals surface area contributed by atoms with E-state index in [1.54, 1.807) is 0 Å². The zero-order valence-corrected chi connectivity index (χ0v) is 9.12. The van der Waals surface area contributed by atoms with Crippen molar-refractivity contribution < 1.29 is 14.0 Å². The van der Waals surface area contributed by atoms with Crippen LogP contribution in [0, 0.1) is 0 Å². The maximum absolute atomic E-state index is 5.88. The Balaban J connectivity index is 3.43. The predicted octanol–water partition coefficient (Wildman–Crippen LogP) is -0.625. The van der Waals surface area contributed by atoms with Crippen molar-refractivity contribution >= 4 is 19.1 Å². The average molecular weight is 296 g/mol. The molecule has 0 aromatic carbocycles. The van der Waals surface area contributed by atoms with Crippen molar-refractivity contribution in [3.05, 3.63) is 0 Å². The molecule has 0 amide bonds. The van der Waals surface area contributed by atoms with E-state index in [1.165, 1.54) is 0 Å². The van der Waals surface area contributed by atoms with E-state index >= 15 is 0 Å². The van der Waals surface area contributed by atoms with Crippen molar-refractivity contribution in [1.29, 1.82) is 0 Å². The Hall–Kier alpha value is 1.08. The van der Waals surface area contributed by atoms with Gasteiger partial charge in [0.05, 0.1) is 0 Å². The summed E-state index contributed by atoms with van der Waals surface area (Å²) < 4.78 is 5.87. The summed E-state index contributed by atoms with van der Waals surface area (Å²) in [6.07, 6.45) is 0. The summed E-state index contributed by atoms with van der Waals surface area (Å²) in [6.45, 7) is 2.31. The fourth-order valence-electron chi connectivity index (χ4n) is 0.329. The van der Waals surface area contributed by atoms with Crippen molar-refractivity contribution in [3.63, 3.8) is 0 Å². The molecular formula is C4H14Cl2N4Pd. The van der Waals surface area contributed by atoms with Crippen LogP contribution in [0.1, 0.15) is 0 Å². The van der Waals surface area contributed by atoms with Crippen LogP contribution >= 0.6 is 19.1 Å². The summed E-state index contributed by atoms with van der Waals surface area (Å²) >= 11 is -2.57. The molecule has 6 N–H and O–H groups in total. The fourth-order valence-corrected chi connectivity index (χ4v) is 3.36. The topological polar surface area (TPSA) is 76.1 Å². The van der Waals surface area contributed by atoms with Gasteiger partial charge in [-0.05, 0) is 0 Å². The molecule has 0 aromatic heterocycles. The second-order valence-electron chi connectivity index (χ2n) is 1.66. The summed E-state index contributed by atoms with van der Waals surface area (Å²) in [5.41, 5.74) is 10.5. The summed E-state index contributed by atoms with van der Waals surface area (Å²) in [5, 5.41) is 0. The minimum absolute atomic E-state index is 0.529. The van der Waals surface area contributed by atoms with Crippen molar-refractivity contribution in [2.45, 2.75) is 0 Å². The van der Waals surface area contributed by atoms with Gasteiger partial charge in [-0.3, -0.25) is 0 Å². The average Bonchev–Trinajstić information content (AvgIpc) is 1.97. The maximum atomic E-state index is 5.88.